The number of hydrogen-bond acceptors (Lipinski definition) is 4. The minimum atomic E-state index is -0.467. The van der Waals surface area contributed by atoms with Crippen LogP contribution in [0, 0.1) is 0 Å². The number of carbonyl (C=O) groups is 1. The van der Waals surface area contributed by atoms with Gasteiger partial charge in [0.1, 0.15) is 5.75 Å². The lowest BCUT2D eigenvalue weighted by Crippen LogP contribution is -2.06. The highest BCUT2D eigenvalue weighted by Crippen LogP contribution is 2.31. The van der Waals surface area contributed by atoms with E-state index in [-0.39, 0.29) is 5.69 Å². The molecular weight excluding hydrogens is 310 g/mol. The number of nitrogens with zero attached hydrogens (tertiary/aromatic N) is 1. The number of fused-ring (bicyclic) bond motifs is 1. The van der Waals surface area contributed by atoms with E-state index in [0.29, 0.717) is 5.75 Å². The predicted molar refractivity (Wildman–Crippen MR) is 76.7 cm³/mol. The van der Waals surface area contributed by atoms with Crippen LogP contribution in [0.15, 0.2) is 22.7 Å². The lowest BCUT2D eigenvalue weighted by molar-refractivity contribution is 0.0594. The zero-order valence-electron chi connectivity index (χ0n) is 11.0. The van der Waals surface area contributed by atoms with Crippen LogP contribution in [0.3, 0.4) is 0 Å². The van der Waals surface area contributed by atoms with Crippen LogP contribution in [0.2, 0.25) is 0 Å². The maximum absolute atomic E-state index is 11.6. The van der Waals surface area contributed by atoms with Crippen LogP contribution in [-0.4, -0.2) is 25.2 Å². The summed E-state index contributed by atoms with van der Waals surface area (Å²) in [6.07, 6.45) is 0.816. The SMILES string of the molecule is CCc1cc(Br)cc2c(OC)cc(C(=O)OC)nc12. The Morgan fingerprint density at radius 1 is 1.32 bits per heavy atom. The van der Waals surface area contributed by atoms with Gasteiger partial charge in [-0.1, -0.05) is 22.9 Å². The number of aryl methyl sites for hydroxylation is 1. The number of aromatic nitrogens is 1. The van der Waals surface area contributed by atoms with Crippen LogP contribution in [0.25, 0.3) is 10.9 Å². The summed E-state index contributed by atoms with van der Waals surface area (Å²) in [4.78, 5) is 16.0. The van der Waals surface area contributed by atoms with Crippen molar-refractivity contribution >= 4 is 32.8 Å². The van der Waals surface area contributed by atoms with Gasteiger partial charge in [0, 0.05) is 15.9 Å². The van der Waals surface area contributed by atoms with Gasteiger partial charge in [0.15, 0.2) is 5.69 Å². The standard InChI is InChI=1S/C14H14BrNO3/c1-4-8-5-9(15)6-10-12(18-2)7-11(14(17)19-3)16-13(8)10/h5-7H,4H2,1-3H3. The molecule has 2 aromatic rings. The van der Waals surface area contributed by atoms with E-state index in [4.69, 9.17) is 9.47 Å². The van der Waals surface area contributed by atoms with Gasteiger partial charge in [0.05, 0.1) is 19.7 Å². The highest BCUT2D eigenvalue weighted by Gasteiger charge is 2.15. The second-order valence-electron chi connectivity index (χ2n) is 4.02. The Morgan fingerprint density at radius 2 is 2.05 bits per heavy atom. The van der Waals surface area contributed by atoms with E-state index in [2.05, 4.69) is 20.9 Å². The zero-order valence-corrected chi connectivity index (χ0v) is 12.6. The molecule has 0 saturated carbocycles. The van der Waals surface area contributed by atoms with E-state index >= 15 is 0 Å². The monoisotopic (exact) mass is 323 g/mol. The molecule has 0 fully saturated rings. The van der Waals surface area contributed by atoms with E-state index in [0.717, 1.165) is 27.4 Å². The van der Waals surface area contributed by atoms with Crippen molar-refractivity contribution in [1.29, 1.82) is 0 Å². The molecule has 0 aliphatic rings. The number of rotatable bonds is 3. The molecule has 1 heterocycles. The molecule has 0 amide bonds. The van der Waals surface area contributed by atoms with Crippen LogP contribution in [-0.2, 0) is 11.2 Å². The molecule has 2 rings (SSSR count). The summed E-state index contributed by atoms with van der Waals surface area (Å²) < 4.78 is 11.0. The molecule has 0 atom stereocenters. The Bertz CT molecular complexity index is 640. The second kappa shape index (κ2) is 5.57. The first-order valence-corrected chi connectivity index (χ1v) is 6.65. The number of esters is 1. The summed E-state index contributed by atoms with van der Waals surface area (Å²) in [5.74, 6) is 0.145. The van der Waals surface area contributed by atoms with Crippen LogP contribution in [0.1, 0.15) is 23.0 Å². The molecule has 0 radical (unpaired) electrons. The molecule has 0 N–H and O–H groups in total. The molecular formula is C14H14BrNO3. The smallest absolute Gasteiger partial charge is 0.356 e. The average molecular weight is 324 g/mol. The largest absolute Gasteiger partial charge is 0.496 e. The molecule has 1 aromatic carbocycles. The average Bonchev–Trinajstić information content (AvgIpc) is 2.44. The van der Waals surface area contributed by atoms with Crippen molar-refractivity contribution in [3.8, 4) is 5.75 Å². The second-order valence-corrected chi connectivity index (χ2v) is 4.93. The summed E-state index contributed by atoms with van der Waals surface area (Å²) in [6.45, 7) is 2.04. The summed E-state index contributed by atoms with van der Waals surface area (Å²) in [5, 5.41) is 0.876. The number of methoxy groups -OCH3 is 2. The van der Waals surface area contributed by atoms with Gasteiger partial charge in [-0.2, -0.15) is 0 Å². The molecule has 100 valence electrons. The van der Waals surface area contributed by atoms with E-state index in [9.17, 15) is 4.79 Å². The van der Waals surface area contributed by atoms with E-state index in [1.54, 1.807) is 13.2 Å². The quantitative estimate of drug-likeness (QED) is 0.813. The third-order valence-electron chi connectivity index (χ3n) is 2.91. The topological polar surface area (TPSA) is 48.4 Å². The molecule has 1 aromatic heterocycles. The normalized spacial score (nSPS) is 10.5. The Kier molecular flexibility index (Phi) is 4.04. The molecule has 4 nitrogen and oxygen atoms in total. The van der Waals surface area contributed by atoms with E-state index < -0.39 is 5.97 Å². The fraction of sp³-hybridized carbons (Fsp3) is 0.286. The van der Waals surface area contributed by atoms with Gasteiger partial charge in [-0.05, 0) is 24.1 Å². The Balaban J connectivity index is 2.80. The summed E-state index contributed by atoms with van der Waals surface area (Å²) >= 11 is 3.47. The van der Waals surface area contributed by atoms with Gasteiger partial charge >= 0.3 is 5.97 Å². The van der Waals surface area contributed by atoms with Gasteiger partial charge < -0.3 is 9.47 Å². The fourth-order valence-corrected chi connectivity index (χ4v) is 2.48. The van der Waals surface area contributed by atoms with Crippen LogP contribution >= 0.6 is 15.9 Å². The number of carbonyl (C=O) groups excluding carboxylic acids is 1. The Hall–Kier alpha value is -1.62. The highest BCUT2D eigenvalue weighted by atomic mass is 79.9. The van der Waals surface area contributed by atoms with E-state index in [1.165, 1.54) is 7.11 Å². The van der Waals surface area contributed by atoms with Crippen molar-refractivity contribution in [3.05, 3.63) is 33.9 Å². The van der Waals surface area contributed by atoms with E-state index in [1.807, 2.05) is 19.1 Å². The summed E-state index contributed by atoms with van der Waals surface area (Å²) in [7, 11) is 2.91. The van der Waals surface area contributed by atoms with Gasteiger partial charge in [-0.25, -0.2) is 9.78 Å². The Labute approximate surface area is 119 Å². The predicted octanol–water partition coefficient (Wildman–Crippen LogP) is 3.35. The van der Waals surface area contributed by atoms with Crippen molar-refractivity contribution < 1.29 is 14.3 Å². The van der Waals surface area contributed by atoms with Crippen molar-refractivity contribution in [1.82, 2.24) is 4.98 Å². The lowest BCUT2D eigenvalue weighted by Gasteiger charge is -2.11. The maximum atomic E-state index is 11.6. The molecule has 0 unspecified atom stereocenters. The fourth-order valence-electron chi connectivity index (χ4n) is 1.98. The van der Waals surface area contributed by atoms with Gasteiger partial charge in [0.25, 0.3) is 0 Å². The molecule has 0 bridgehead atoms. The van der Waals surface area contributed by atoms with Crippen LogP contribution in [0.4, 0.5) is 0 Å². The first-order chi connectivity index (χ1) is 9.10. The first kappa shape index (κ1) is 13.8. The highest BCUT2D eigenvalue weighted by molar-refractivity contribution is 9.10. The Morgan fingerprint density at radius 3 is 2.63 bits per heavy atom. The number of halogens is 1. The number of ether oxygens (including phenoxy) is 2. The third-order valence-corrected chi connectivity index (χ3v) is 3.37. The molecule has 0 spiro atoms. The molecule has 0 aliphatic carbocycles. The number of benzene rings is 1. The number of pyridine rings is 1. The molecule has 0 saturated heterocycles. The van der Waals surface area contributed by atoms with Crippen molar-refractivity contribution in [2.45, 2.75) is 13.3 Å². The number of hydrogen-bond donors (Lipinski definition) is 0. The van der Waals surface area contributed by atoms with Gasteiger partial charge in [-0.15, -0.1) is 0 Å². The summed E-state index contributed by atoms with van der Waals surface area (Å²) in [6, 6.07) is 5.53. The lowest BCUT2D eigenvalue weighted by atomic mass is 10.1. The van der Waals surface area contributed by atoms with Crippen LogP contribution < -0.4 is 4.74 Å². The molecule has 0 aliphatic heterocycles. The first-order valence-electron chi connectivity index (χ1n) is 5.86. The van der Waals surface area contributed by atoms with Crippen molar-refractivity contribution in [3.63, 3.8) is 0 Å². The maximum Gasteiger partial charge on any atom is 0.356 e. The minimum Gasteiger partial charge on any atom is -0.496 e. The summed E-state index contributed by atoms with van der Waals surface area (Å²) in [5.41, 5.74) is 2.07. The van der Waals surface area contributed by atoms with Crippen LogP contribution in [0.5, 0.6) is 5.75 Å². The van der Waals surface area contributed by atoms with Crippen molar-refractivity contribution in [2.24, 2.45) is 0 Å². The van der Waals surface area contributed by atoms with Gasteiger partial charge in [-0.3, -0.25) is 0 Å². The minimum absolute atomic E-state index is 0.254. The zero-order chi connectivity index (χ0) is 14.0. The third kappa shape index (κ3) is 2.56. The van der Waals surface area contributed by atoms with Gasteiger partial charge in [0.2, 0.25) is 0 Å². The van der Waals surface area contributed by atoms with Crippen molar-refractivity contribution in [2.75, 3.05) is 14.2 Å². The molecule has 5 heteroatoms. The molecule has 19 heavy (non-hydrogen) atoms.